The third-order valence-corrected chi connectivity index (χ3v) is 5.57. The Bertz CT molecular complexity index is 1250. The van der Waals surface area contributed by atoms with Gasteiger partial charge in [0.25, 0.3) is 5.56 Å². The Morgan fingerprint density at radius 3 is 2.58 bits per heavy atom. The quantitative estimate of drug-likeness (QED) is 0.475. The van der Waals surface area contributed by atoms with Crippen molar-refractivity contribution in [1.29, 1.82) is 0 Å². The van der Waals surface area contributed by atoms with E-state index in [-0.39, 0.29) is 5.56 Å². The van der Waals surface area contributed by atoms with Crippen LogP contribution in [0.5, 0.6) is 0 Å². The summed E-state index contributed by atoms with van der Waals surface area (Å²) in [5.41, 5.74) is 2.75. The summed E-state index contributed by atoms with van der Waals surface area (Å²) in [5, 5.41) is 13.3. The van der Waals surface area contributed by atoms with Gasteiger partial charge in [-0.25, -0.2) is 14.3 Å². The van der Waals surface area contributed by atoms with E-state index in [2.05, 4.69) is 36.1 Å². The summed E-state index contributed by atoms with van der Waals surface area (Å²) >= 11 is 0. The molecule has 0 radical (unpaired) electrons. The number of hydrogen-bond donors (Lipinski definition) is 0. The maximum Gasteiger partial charge on any atom is 0.266 e. The lowest BCUT2D eigenvalue weighted by atomic mass is 10.3. The molecule has 31 heavy (non-hydrogen) atoms. The van der Waals surface area contributed by atoms with Crippen molar-refractivity contribution in [2.45, 2.75) is 20.4 Å². The summed E-state index contributed by atoms with van der Waals surface area (Å²) in [7, 11) is 0. The van der Waals surface area contributed by atoms with Gasteiger partial charge in [0.05, 0.1) is 12.2 Å². The highest BCUT2D eigenvalue weighted by Crippen LogP contribution is 2.19. The van der Waals surface area contributed by atoms with Gasteiger partial charge in [-0.05, 0) is 26.0 Å². The summed E-state index contributed by atoms with van der Waals surface area (Å²) in [6.45, 7) is 8.95. The smallest absolute Gasteiger partial charge is 0.266 e. The zero-order chi connectivity index (χ0) is 21.4. The monoisotopic (exact) mass is 419 g/mol. The third-order valence-electron chi connectivity index (χ3n) is 5.57. The van der Waals surface area contributed by atoms with E-state index in [4.69, 9.17) is 0 Å². The standard InChI is InChI=1S/C21H25N9O/c1-16-15-20(30-19(23-16)14-17(2)24-30)27-11-8-26(9-12-27)10-13-29-21(31)5-4-18(25-29)28-7-3-6-22-28/h3-7,14-15H,8-13H2,1-2H3. The molecule has 0 N–H and O–H groups in total. The largest absolute Gasteiger partial charge is 0.354 e. The van der Waals surface area contributed by atoms with E-state index >= 15 is 0 Å². The summed E-state index contributed by atoms with van der Waals surface area (Å²) in [5.74, 6) is 1.72. The molecule has 1 aliphatic rings. The van der Waals surface area contributed by atoms with Gasteiger partial charge in [0.2, 0.25) is 0 Å². The highest BCUT2D eigenvalue weighted by molar-refractivity contribution is 5.52. The van der Waals surface area contributed by atoms with E-state index in [1.807, 2.05) is 36.7 Å². The summed E-state index contributed by atoms with van der Waals surface area (Å²) in [4.78, 5) is 21.5. The predicted molar refractivity (Wildman–Crippen MR) is 117 cm³/mol. The first-order valence-electron chi connectivity index (χ1n) is 10.5. The average Bonchev–Trinajstić information content (AvgIpc) is 3.42. The number of fused-ring (bicyclic) bond motifs is 1. The number of piperazine rings is 1. The van der Waals surface area contributed by atoms with Crippen molar-refractivity contribution in [1.82, 2.24) is 39.1 Å². The molecule has 160 valence electrons. The van der Waals surface area contributed by atoms with Crippen LogP contribution in [0.1, 0.15) is 11.4 Å². The van der Waals surface area contributed by atoms with E-state index in [1.54, 1.807) is 23.0 Å². The van der Waals surface area contributed by atoms with E-state index in [1.165, 1.54) is 4.68 Å². The van der Waals surface area contributed by atoms with Crippen LogP contribution in [0.15, 0.2) is 47.5 Å². The van der Waals surface area contributed by atoms with E-state index in [0.29, 0.717) is 12.4 Å². The average molecular weight is 419 g/mol. The maximum atomic E-state index is 12.2. The summed E-state index contributed by atoms with van der Waals surface area (Å²) in [6, 6.07) is 9.18. The molecule has 4 aromatic rings. The van der Waals surface area contributed by atoms with Crippen LogP contribution >= 0.6 is 0 Å². The second kappa shape index (κ2) is 7.95. The van der Waals surface area contributed by atoms with Gasteiger partial charge in [-0.3, -0.25) is 9.69 Å². The minimum Gasteiger partial charge on any atom is -0.354 e. The zero-order valence-electron chi connectivity index (χ0n) is 17.7. The molecular weight excluding hydrogens is 394 g/mol. The number of aromatic nitrogens is 7. The molecule has 10 nitrogen and oxygen atoms in total. The van der Waals surface area contributed by atoms with Gasteiger partial charge in [0.1, 0.15) is 5.82 Å². The van der Waals surface area contributed by atoms with Crippen LogP contribution in [0.3, 0.4) is 0 Å². The molecule has 0 atom stereocenters. The highest BCUT2D eigenvalue weighted by Gasteiger charge is 2.20. The molecule has 0 saturated carbocycles. The maximum absolute atomic E-state index is 12.2. The van der Waals surface area contributed by atoms with Gasteiger partial charge in [0, 0.05) is 69.0 Å². The first-order chi connectivity index (χ1) is 15.1. The molecule has 10 heteroatoms. The fraction of sp³-hybridized carbons (Fsp3) is 0.381. The van der Waals surface area contributed by atoms with Crippen molar-refractivity contribution in [2.75, 3.05) is 37.6 Å². The lowest BCUT2D eigenvalue weighted by Crippen LogP contribution is -2.48. The molecule has 0 aliphatic carbocycles. The molecule has 1 saturated heterocycles. The Labute approximate surface area is 179 Å². The van der Waals surface area contributed by atoms with Gasteiger partial charge >= 0.3 is 0 Å². The first kappa shape index (κ1) is 19.4. The Kier molecular flexibility index (Phi) is 4.99. The molecular formula is C21H25N9O. The molecule has 1 fully saturated rings. The molecule has 0 amide bonds. The minimum absolute atomic E-state index is 0.0988. The fourth-order valence-corrected chi connectivity index (χ4v) is 3.98. The molecule has 1 aliphatic heterocycles. The van der Waals surface area contributed by atoms with Gasteiger partial charge in [0.15, 0.2) is 11.5 Å². The number of aryl methyl sites for hydroxylation is 2. The second-order valence-electron chi connectivity index (χ2n) is 7.84. The summed E-state index contributed by atoms with van der Waals surface area (Å²) < 4.78 is 5.11. The molecule has 0 spiro atoms. The van der Waals surface area contributed by atoms with Crippen LogP contribution in [-0.2, 0) is 6.54 Å². The highest BCUT2D eigenvalue weighted by atomic mass is 16.1. The molecule has 0 unspecified atom stereocenters. The molecule has 5 heterocycles. The number of nitrogens with zero attached hydrogens (tertiary/aromatic N) is 9. The van der Waals surface area contributed by atoms with Crippen LogP contribution < -0.4 is 10.5 Å². The number of hydrogen-bond acceptors (Lipinski definition) is 7. The van der Waals surface area contributed by atoms with E-state index in [0.717, 1.165) is 55.6 Å². The zero-order valence-corrected chi connectivity index (χ0v) is 17.7. The van der Waals surface area contributed by atoms with E-state index in [9.17, 15) is 4.79 Å². The Morgan fingerprint density at radius 1 is 0.968 bits per heavy atom. The molecule has 0 aromatic carbocycles. The lowest BCUT2D eigenvalue weighted by Gasteiger charge is -2.36. The minimum atomic E-state index is -0.0988. The van der Waals surface area contributed by atoms with Crippen LogP contribution in [0, 0.1) is 13.8 Å². The van der Waals surface area contributed by atoms with Gasteiger partial charge in [-0.1, -0.05) is 0 Å². The van der Waals surface area contributed by atoms with Crippen molar-refractivity contribution in [2.24, 2.45) is 0 Å². The van der Waals surface area contributed by atoms with Gasteiger partial charge < -0.3 is 4.90 Å². The van der Waals surface area contributed by atoms with Crippen molar-refractivity contribution >= 4 is 11.5 Å². The van der Waals surface area contributed by atoms with Crippen LogP contribution in [0.25, 0.3) is 11.5 Å². The van der Waals surface area contributed by atoms with E-state index < -0.39 is 0 Å². The van der Waals surface area contributed by atoms with Gasteiger partial charge in [-0.2, -0.15) is 14.7 Å². The summed E-state index contributed by atoms with van der Waals surface area (Å²) in [6.07, 6.45) is 3.51. The predicted octanol–water partition coefficient (Wildman–Crippen LogP) is 0.911. The van der Waals surface area contributed by atoms with Crippen molar-refractivity contribution < 1.29 is 0 Å². The third kappa shape index (κ3) is 3.93. The molecule has 0 bridgehead atoms. The second-order valence-corrected chi connectivity index (χ2v) is 7.84. The Hall–Kier alpha value is -3.53. The Balaban J connectivity index is 1.24. The number of rotatable bonds is 5. The fourth-order valence-electron chi connectivity index (χ4n) is 3.98. The molecule has 4 aromatic heterocycles. The normalized spacial score (nSPS) is 15.1. The topological polar surface area (TPSA) is 89.4 Å². The van der Waals surface area contributed by atoms with Crippen LogP contribution in [0.2, 0.25) is 0 Å². The number of anilines is 1. The first-order valence-corrected chi connectivity index (χ1v) is 10.5. The molecule has 5 rings (SSSR count). The Morgan fingerprint density at radius 2 is 1.81 bits per heavy atom. The van der Waals surface area contributed by atoms with Crippen molar-refractivity contribution in [3.05, 3.63) is 64.5 Å². The van der Waals surface area contributed by atoms with Crippen molar-refractivity contribution in [3.63, 3.8) is 0 Å². The van der Waals surface area contributed by atoms with Crippen molar-refractivity contribution in [3.8, 4) is 5.82 Å². The van der Waals surface area contributed by atoms with Gasteiger partial charge in [-0.15, -0.1) is 5.10 Å². The van der Waals surface area contributed by atoms with Crippen LogP contribution in [0.4, 0.5) is 5.82 Å². The SMILES string of the molecule is Cc1cc(N2CCN(CCn3nc(-n4cccn4)ccc3=O)CC2)n2nc(C)cc2n1. The van der Waals surface area contributed by atoms with Crippen LogP contribution in [-0.4, -0.2) is 71.8 Å². The lowest BCUT2D eigenvalue weighted by molar-refractivity contribution is 0.242.